The maximum absolute atomic E-state index is 13.6. The Morgan fingerprint density at radius 1 is 1.26 bits per heavy atom. The summed E-state index contributed by atoms with van der Waals surface area (Å²) in [5.41, 5.74) is 1.01. The lowest BCUT2D eigenvalue weighted by Crippen LogP contribution is -2.22. The van der Waals surface area contributed by atoms with Gasteiger partial charge in [-0.1, -0.05) is 29.8 Å². The molecule has 0 saturated heterocycles. The Balaban J connectivity index is 1.62. The van der Waals surface area contributed by atoms with Crippen LogP contribution in [0.5, 0.6) is 5.75 Å². The van der Waals surface area contributed by atoms with Crippen molar-refractivity contribution in [1.82, 2.24) is 9.78 Å². The molecular formula is C19H15ClFN3O3. The number of hydrogen-bond acceptors (Lipinski definition) is 4. The molecule has 3 rings (SSSR count). The molecule has 0 aliphatic rings. The minimum Gasteiger partial charge on any atom is -0.483 e. The number of amides is 1. The van der Waals surface area contributed by atoms with E-state index in [0.717, 1.165) is 0 Å². The van der Waals surface area contributed by atoms with E-state index in [9.17, 15) is 14.0 Å². The summed E-state index contributed by atoms with van der Waals surface area (Å²) in [5, 5.41) is 6.84. The van der Waals surface area contributed by atoms with Crippen LogP contribution in [0.25, 0.3) is 0 Å². The predicted molar refractivity (Wildman–Crippen MR) is 98.7 cm³/mol. The number of anilines is 1. The lowest BCUT2D eigenvalue weighted by atomic mass is 10.2. The van der Waals surface area contributed by atoms with Crippen LogP contribution in [0.1, 0.15) is 15.9 Å². The Labute approximate surface area is 159 Å². The van der Waals surface area contributed by atoms with Crippen LogP contribution in [0.3, 0.4) is 0 Å². The molecule has 6 nitrogen and oxygen atoms in total. The zero-order chi connectivity index (χ0) is 19.2. The first-order chi connectivity index (χ1) is 13.1. The van der Waals surface area contributed by atoms with E-state index in [1.807, 2.05) is 0 Å². The van der Waals surface area contributed by atoms with Gasteiger partial charge in [0.2, 0.25) is 0 Å². The predicted octanol–water partition coefficient (Wildman–Crippen LogP) is 3.55. The molecule has 1 aromatic heterocycles. The lowest BCUT2D eigenvalue weighted by Gasteiger charge is -2.11. The van der Waals surface area contributed by atoms with Gasteiger partial charge in [0.05, 0.1) is 23.3 Å². The number of rotatable bonds is 7. The maximum atomic E-state index is 13.6. The molecule has 2 aromatic carbocycles. The molecule has 0 unspecified atom stereocenters. The van der Waals surface area contributed by atoms with Crippen molar-refractivity contribution < 1.29 is 18.7 Å². The van der Waals surface area contributed by atoms with E-state index in [1.54, 1.807) is 36.4 Å². The monoisotopic (exact) mass is 387 g/mol. The summed E-state index contributed by atoms with van der Waals surface area (Å²) >= 11 is 5.68. The average Bonchev–Trinajstić information content (AvgIpc) is 3.09. The molecule has 0 aliphatic heterocycles. The molecule has 1 amide bonds. The molecular weight excluding hydrogens is 373 g/mol. The molecule has 1 N–H and O–H groups in total. The quantitative estimate of drug-likeness (QED) is 0.629. The number of benzene rings is 2. The number of carbonyl (C=O) groups is 2. The van der Waals surface area contributed by atoms with E-state index in [0.29, 0.717) is 29.0 Å². The van der Waals surface area contributed by atoms with E-state index >= 15 is 0 Å². The Kier molecular flexibility index (Phi) is 5.83. The molecule has 0 saturated carbocycles. The molecule has 0 aliphatic carbocycles. The SMILES string of the molecule is O=Cc1ccccc1OCC(=O)Nc1ccnn1Cc1ccc(Cl)c(F)c1. The maximum Gasteiger partial charge on any atom is 0.263 e. The molecule has 138 valence electrons. The summed E-state index contributed by atoms with van der Waals surface area (Å²) in [6.45, 7) is -0.0167. The average molecular weight is 388 g/mol. The Hall–Kier alpha value is -3.19. The van der Waals surface area contributed by atoms with E-state index < -0.39 is 11.7 Å². The number of halogens is 2. The molecule has 0 fully saturated rings. The summed E-state index contributed by atoms with van der Waals surface area (Å²) in [7, 11) is 0. The number of nitrogens with zero attached hydrogens (tertiary/aromatic N) is 2. The smallest absolute Gasteiger partial charge is 0.263 e. The van der Waals surface area contributed by atoms with Crippen LogP contribution in [-0.4, -0.2) is 28.6 Å². The highest BCUT2D eigenvalue weighted by Gasteiger charge is 2.11. The van der Waals surface area contributed by atoms with Crippen molar-refractivity contribution in [2.24, 2.45) is 0 Å². The van der Waals surface area contributed by atoms with Crippen LogP contribution in [0.4, 0.5) is 10.2 Å². The van der Waals surface area contributed by atoms with Gasteiger partial charge in [-0.25, -0.2) is 9.07 Å². The van der Waals surface area contributed by atoms with Gasteiger partial charge >= 0.3 is 0 Å². The standard InChI is InChI=1S/C19H15ClFN3O3/c20-15-6-5-13(9-16(15)21)10-24-18(7-8-22-24)23-19(26)12-27-17-4-2-1-3-14(17)11-25/h1-9,11H,10,12H2,(H,23,26). The highest BCUT2D eigenvalue weighted by atomic mass is 35.5. The van der Waals surface area contributed by atoms with Crippen molar-refractivity contribution in [1.29, 1.82) is 0 Å². The molecule has 3 aromatic rings. The first kappa shape index (κ1) is 18.6. The van der Waals surface area contributed by atoms with Gasteiger partial charge in [-0.3, -0.25) is 9.59 Å². The molecule has 0 radical (unpaired) electrons. The number of ether oxygens (including phenoxy) is 1. The van der Waals surface area contributed by atoms with E-state index in [-0.39, 0.29) is 18.2 Å². The zero-order valence-corrected chi connectivity index (χ0v) is 14.8. The fourth-order valence-electron chi connectivity index (χ4n) is 2.41. The number of nitrogens with one attached hydrogen (secondary N) is 1. The third-order valence-electron chi connectivity index (χ3n) is 3.71. The van der Waals surface area contributed by atoms with Crippen molar-refractivity contribution in [2.45, 2.75) is 6.54 Å². The lowest BCUT2D eigenvalue weighted by molar-refractivity contribution is -0.118. The summed E-state index contributed by atoms with van der Waals surface area (Å²) in [6, 6.07) is 12.7. The topological polar surface area (TPSA) is 73.2 Å². The summed E-state index contributed by atoms with van der Waals surface area (Å²) < 4.78 is 20.5. The van der Waals surface area contributed by atoms with Crippen molar-refractivity contribution >= 4 is 29.6 Å². The largest absolute Gasteiger partial charge is 0.483 e. The van der Waals surface area contributed by atoms with Crippen molar-refractivity contribution in [3.8, 4) is 5.75 Å². The second-order valence-electron chi connectivity index (χ2n) is 5.62. The molecule has 0 bridgehead atoms. The van der Waals surface area contributed by atoms with E-state index in [4.69, 9.17) is 16.3 Å². The van der Waals surface area contributed by atoms with Crippen molar-refractivity contribution in [3.05, 3.63) is 76.7 Å². The van der Waals surface area contributed by atoms with Crippen LogP contribution >= 0.6 is 11.6 Å². The van der Waals surface area contributed by atoms with Gasteiger partial charge in [-0.15, -0.1) is 0 Å². The molecule has 0 spiro atoms. The van der Waals surface area contributed by atoms with Crippen LogP contribution in [0.2, 0.25) is 5.02 Å². The Morgan fingerprint density at radius 3 is 2.85 bits per heavy atom. The van der Waals surface area contributed by atoms with Gasteiger partial charge in [0.25, 0.3) is 5.91 Å². The van der Waals surface area contributed by atoms with Gasteiger partial charge in [-0.2, -0.15) is 5.10 Å². The number of aromatic nitrogens is 2. The molecule has 1 heterocycles. The highest BCUT2D eigenvalue weighted by Crippen LogP contribution is 2.18. The third kappa shape index (κ3) is 4.71. The van der Waals surface area contributed by atoms with Crippen molar-refractivity contribution in [2.75, 3.05) is 11.9 Å². The van der Waals surface area contributed by atoms with Crippen molar-refractivity contribution in [3.63, 3.8) is 0 Å². The summed E-state index contributed by atoms with van der Waals surface area (Å²) in [6.07, 6.45) is 2.18. The van der Waals surface area contributed by atoms with Gasteiger partial charge in [0.15, 0.2) is 12.9 Å². The number of hydrogen-bond donors (Lipinski definition) is 1. The molecule has 8 heteroatoms. The molecule has 27 heavy (non-hydrogen) atoms. The van der Waals surface area contributed by atoms with Gasteiger partial charge in [-0.05, 0) is 29.8 Å². The fourth-order valence-corrected chi connectivity index (χ4v) is 2.52. The normalized spacial score (nSPS) is 10.4. The van der Waals surface area contributed by atoms with Gasteiger partial charge < -0.3 is 10.1 Å². The van der Waals surface area contributed by atoms with Crippen LogP contribution in [0.15, 0.2) is 54.7 Å². The van der Waals surface area contributed by atoms with E-state index in [1.165, 1.54) is 23.0 Å². The summed E-state index contributed by atoms with van der Waals surface area (Å²) in [4.78, 5) is 23.1. The second kappa shape index (κ2) is 8.46. The third-order valence-corrected chi connectivity index (χ3v) is 4.01. The van der Waals surface area contributed by atoms with E-state index in [2.05, 4.69) is 10.4 Å². The zero-order valence-electron chi connectivity index (χ0n) is 14.1. The van der Waals surface area contributed by atoms with Crippen LogP contribution < -0.4 is 10.1 Å². The Bertz CT molecular complexity index is 974. The van der Waals surface area contributed by atoms with Crippen LogP contribution in [0, 0.1) is 5.82 Å². The molecule has 0 atom stereocenters. The number of aldehydes is 1. The first-order valence-electron chi connectivity index (χ1n) is 7.99. The van der Waals surface area contributed by atoms with Crippen LogP contribution in [-0.2, 0) is 11.3 Å². The minimum atomic E-state index is -0.519. The minimum absolute atomic E-state index is 0.0421. The summed E-state index contributed by atoms with van der Waals surface area (Å²) in [5.74, 6) is -0.177. The number of para-hydroxylation sites is 1. The number of carbonyl (C=O) groups excluding carboxylic acids is 2. The fraction of sp³-hybridized carbons (Fsp3) is 0.105. The van der Waals surface area contributed by atoms with Gasteiger partial charge in [0.1, 0.15) is 17.4 Å². The first-order valence-corrected chi connectivity index (χ1v) is 8.37. The second-order valence-corrected chi connectivity index (χ2v) is 6.02. The van der Waals surface area contributed by atoms with Gasteiger partial charge in [0, 0.05) is 6.07 Å². The highest BCUT2D eigenvalue weighted by molar-refractivity contribution is 6.30. The Morgan fingerprint density at radius 2 is 2.07 bits per heavy atom.